The Morgan fingerprint density at radius 3 is 2.52 bits per heavy atom. The summed E-state index contributed by atoms with van der Waals surface area (Å²) in [6, 6.07) is 8.52. The van der Waals surface area contributed by atoms with Crippen molar-refractivity contribution in [2.75, 3.05) is 19.3 Å². The quantitative estimate of drug-likeness (QED) is 0.775. The van der Waals surface area contributed by atoms with E-state index in [0.717, 1.165) is 0 Å². The van der Waals surface area contributed by atoms with Crippen LogP contribution in [0.2, 0.25) is 0 Å². The second kappa shape index (κ2) is 5.81. The molecular weight excluding hydrogens is 318 g/mol. The van der Waals surface area contributed by atoms with Gasteiger partial charge in [0.15, 0.2) is 0 Å². The number of para-hydroxylation sites is 1. The fourth-order valence-electron chi connectivity index (χ4n) is 2.87. The third-order valence-electron chi connectivity index (χ3n) is 4.21. The molecule has 6 nitrogen and oxygen atoms in total. The van der Waals surface area contributed by atoms with Crippen LogP contribution < -0.4 is 5.63 Å². The highest BCUT2D eigenvalue weighted by atomic mass is 32.2. The minimum Gasteiger partial charge on any atom is -0.422 e. The minimum absolute atomic E-state index is 0.0125. The summed E-state index contributed by atoms with van der Waals surface area (Å²) < 4.78 is 28.3. The third-order valence-corrected chi connectivity index (χ3v) is 5.89. The lowest BCUT2D eigenvalue weighted by atomic mass is 10.1. The van der Waals surface area contributed by atoms with Gasteiger partial charge in [-0.3, -0.25) is 4.79 Å². The zero-order valence-corrected chi connectivity index (χ0v) is 13.5. The molecule has 0 radical (unpaired) electrons. The monoisotopic (exact) mass is 335 g/mol. The van der Waals surface area contributed by atoms with E-state index >= 15 is 0 Å². The fraction of sp³-hybridized carbons (Fsp3) is 0.375. The SMILES string of the molecule is CS(=O)(=O)C1CCN(C(=O)c2cc3ccccc3oc2=O)CC1. The van der Waals surface area contributed by atoms with Crippen molar-refractivity contribution < 1.29 is 17.6 Å². The maximum atomic E-state index is 12.5. The summed E-state index contributed by atoms with van der Waals surface area (Å²) in [5.74, 6) is -0.406. The zero-order valence-electron chi connectivity index (χ0n) is 12.7. The molecule has 2 heterocycles. The van der Waals surface area contributed by atoms with Crippen LogP contribution >= 0.6 is 0 Å². The number of carbonyl (C=O) groups is 1. The topological polar surface area (TPSA) is 84.7 Å². The first-order chi connectivity index (χ1) is 10.9. The van der Waals surface area contributed by atoms with E-state index in [1.165, 1.54) is 17.2 Å². The summed E-state index contributed by atoms with van der Waals surface area (Å²) in [6.45, 7) is 0.645. The van der Waals surface area contributed by atoms with Crippen LogP contribution in [0.4, 0.5) is 0 Å². The van der Waals surface area contributed by atoms with E-state index < -0.39 is 26.6 Å². The molecule has 0 aliphatic carbocycles. The highest BCUT2D eigenvalue weighted by Gasteiger charge is 2.30. The predicted molar refractivity (Wildman–Crippen MR) is 86.3 cm³/mol. The molecule has 2 aromatic rings. The van der Waals surface area contributed by atoms with Crippen molar-refractivity contribution in [1.82, 2.24) is 4.90 Å². The highest BCUT2D eigenvalue weighted by Crippen LogP contribution is 2.19. The molecule has 0 N–H and O–H groups in total. The predicted octanol–water partition coefficient (Wildman–Crippen LogP) is 1.44. The van der Waals surface area contributed by atoms with E-state index in [9.17, 15) is 18.0 Å². The molecule has 0 spiro atoms. The Labute approximate surface area is 133 Å². The Kier molecular flexibility index (Phi) is 3.97. The number of likely N-dealkylation sites (tertiary alicyclic amines) is 1. The van der Waals surface area contributed by atoms with Crippen molar-refractivity contribution in [1.29, 1.82) is 0 Å². The van der Waals surface area contributed by atoms with E-state index in [4.69, 9.17) is 4.42 Å². The van der Waals surface area contributed by atoms with Gasteiger partial charge in [0, 0.05) is 24.7 Å². The first-order valence-corrected chi connectivity index (χ1v) is 9.33. The number of carbonyl (C=O) groups excluding carboxylic acids is 1. The number of hydrogen-bond acceptors (Lipinski definition) is 5. The van der Waals surface area contributed by atoms with E-state index in [0.29, 0.717) is 36.9 Å². The molecule has 1 saturated heterocycles. The van der Waals surface area contributed by atoms with Crippen LogP contribution in [0.1, 0.15) is 23.2 Å². The Balaban J connectivity index is 1.84. The summed E-state index contributed by atoms with van der Waals surface area (Å²) >= 11 is 0. The largest absolute Gasteiger partial charge is 0.422 e. The Morgan fingerprint density at radius 2 is 1.87 bits per heavy atom. The maximum Gasteiger partial charge on any atom is 0.349 e. The van der Waals surface area contributed by atoms with Crippen molar-refractivity contribution in [2.24, 2.45) is 0 Å². The van der Waals surface area contributed by atoms with Crippen LogP contribution in [-0.4, -0.2) is 43.8 Å². The van der Waals surface area contributed by atoms with Gasteiger partial charge in [0.25, 0.3) is 5.91 Å². The van der Waals surface area contributed by atoms with Crippen LogP contribution in [0.3, 0.4) is 0 Å². The summed E-state index contributed by atoms with van der Waals surface area (Å²) in [7, 11) is -3.09. The molecule has 0 bridgehead atoms. The van der Waals surface area contributed by atoms with E-state index in [-0.39, 0.29) is 5.56 Å². The molecule has 1 fully saturated rings. The van der Waals surface area contributed by atoms with Gasteiger partial charge in [0.05, 0.1) is 5.25 Å². The van der Waals surface area contributed by atoms with Gasteiger partial charge in [-0.2, -0.15) is 0 Å². The van der Waals surface area contributed by atoms with Crippen molar-refractivity contribution in [3.63, 3.8) is 0 Å². The van der Waals surface area contributed by atoms with Gasteiger partial charge in [-0.15, -0.1) is 0 Å². The average Bonchev–Trinajstić information content (AvgIpc) is 2.53. The number of fused-ring (bicyclic) bond motifs is 1. The molecule has 1 amide bonds. The van der Waals surface area contributed by atoms with Gasteiger partial charge < -0.3 is 9.32 Å². The molecule has 0 atom stereocenters. The molecule has 0 unspecified atom stereocenters. The Morgan fingerprint density at radius 1 is 1.22 bits per heavy atom. The number of amides is 1. The summed E-state index contributed by atoms with van der Waals surface area (Å²) in [5, 5.41) is 0.265. The number of sulfone groups is 1. The maximum absolute atomic E-state index is 12.5. The number of piperidine rings is 1. The molecule has 3 rings (SSSR count). The molecule has 1 aliphatic rings. The van der Waals surface area contributed by atoms with Crippen LogP contribution in [0, 0.1) is 0 Å². The van der Waals surface area contributed by atoms with Gasteiger partial charge in [-0.25, -0.2) is 13.2 Å². The number of hydrogen-bond donors (Lipinski definition) is 0. The molecule has 7 heteroatoms. The second-order valence-corrected chi connectivity index (χ2v) is 8.13. The van der Waals surface area contributed by atoms with Gasteiger partial charge in [-0.1, -0.05) is 18.2 Å². The van der Waals surface area contributed by atoms with E-state index in [2.05, 4.69) is 0 Å². The standard InChI is InChI=1S/C16H17NO5S/c1-23(20,21)12-6-8-17(9-7-12)15(18)13-10-11-4-2-3-5-14(11)22-16(13)19/h2-5,10,12H,6-9H2,1H3. The Hall–Kier alpha value is -2.15. The highest BCUT2D eigenvalue weighted by molar-refractivity contribution is 7.91. The molecular formula is C16H17NO5S. The van der Waals surface area contributed by atoms with Crippen LogP contribution in [0.15, 0.2) is 39.5 Å². The van der Waals surface area contributed by atoms with Crippen molar-refractivity contribution >= 4 is 26.7 Å². The number of benzene rings is 1. The molecule has 1 aromatic carbocycles. The van der Waals surface area contributed by atoms with E-state index in [1.54, 1.807) is 24.3 Å². The lowest BCUT2D eigenvalue weighted by Crippen LogP contribution is -2.43. The fourth-order valence-corrected chi connectivity index (χ4v) is 3.94. The lowest BCUT2D eigenvalue weighted by Gasteiger charge is -2.30. The van der Waals surface area contributed by atoms with Gasteiger partial charge in [0.1, 0.15) is 21.0 Å². The lowest BCUT2D eigenvalue weighted by molar-refractivity contribution is 0.0721. The second-order valence-electron chi connectivity index (χ2n) is 5.81. The van der Waals surface area contributed by atoms with Crippen LogP contribution in [-0.2, 0) is 9.84 Å². The number of nitrogens with zero attached hydrogens (tertiary/aromatic N) is 1. The molecule has 1 aromatic heterocycles. The van der Waals surface area contributed by atoms with Gasteiger partial charge in [-0.05, 0) is 25.0 Å². The first kappa shape index (κ1) is 15.7. The van der Waals surface area contributed by atoms with E-state index in [1.807, 2.05) is 0 Å². The average molecular weight is 335 g/mol. The molecule has 1 aliphatic heterocycles. The van der Waals surface area contributed by atoms with Gasteiger partial charge >= 0.3 is 5.63 Å². The third kappa shape index (κ3) is 3.14. The Bertz CT molecular complexity index is 907. The van der Waals surface area contributed by atoms with Crippen molar-refractivity contribution in [2.45, 2.75) is 18.1 Å². The normalized spacial score (nSPS) is 16.7. The van der Waals surface area contributed by atoms with Gasteiger partial charge in [0.2, 0.25) is 0 Å². The van der Waals surface area contributed by atoms with Crippen molar-refractivity contribution in [3.05, 3.63) is 46.3 Å². The summed E-state index contributed by atoms with van der Waals surface area (Å²) in [5.41, 5.74) is -0.245. The molecule has 0 saturated carbocycles. The number of rotatable bonds is 2. The zero-order chi connectivity index (χ0) is 16.6. The summed E-state index contributed by atoms with van der Waals surface area (Å²) in [4.78, 5) is 26.1. The molecule has 23 heavy (non-hydrogen) atoms. The first-order valence-electron chi connectivity index (χ1n) is 7.37. The smallest absolute Gasteiger partial charge is 0.349 e. The minimum atomic E-state index is -3.09. The molecule has 122 valence electrons. The van der Waals surface area contributed by atoms with Crippen LogP contribution in [0.5, 0.6) is 0 Å². The summed E-state index contributed by atoms with van der Waals surface area (Å²) in [6.07, 6.45) is 2.00. The van der Waals surface area contributed by atoms with Crippen molar-refractivity contribution in [3.8, 4) is 0 Å². The van der Waals surface area contributed by atoms with Crippen LogP contribution in [0.25, 0.3) is 11.0 Å².